The van der Waals surface area contributed by atoms with E-state index < -0.39 is 6.36 Å². The number of alkyl halides is 3. The van der Waals surface area contributed by atoms with Gasteiger partial charge in [0.15, 0.2) is 11.0 Å². The topological polar surface area (TPSA) is 85.0 Å². The van der Waals surface area contributed by atoms with E-state index in [2.05, 4.69) is 20.9 Å². The minimum absolute atomic E-state index is 0.108. The molecule has 8 nitrogen and oxygen atoms in total. The van der Waals surface area contributed by atoms with Crippen molar-refractivity contribution >= 4 is 34.2 Å². The summed E-state index contributed by atoms with van der Waals surface area (Å²) in [4.78, 5) is 21.8. The third kappa shape index (κ3) is 5.73. The number of carbonyl (C=O) groups is 1. The average Bonchev–Trinajstić information content (AvgIpc) is 3.65. The third-order valence-electron chi connectivity index (χ3n) is 6.66. The highest BCUT2D eigenvalue weighted by Crippen LogP contribution is 2.31. The number of aliphatic imine (C=N–C) groups is 1. The second kappa shape index (κ2) is 10.5. The predicted octanol–water partition coefficient (Wildman–Crippen LogP) is 6.36. The second-order valence-electron chi connectivity index (χ2n) is 9.65. The molecule has 1 aliphatic heterocycles. The van der Waals surface area contributed by atoms with Crippen molar-refractivity contribution in [2.75, 3.05) is 5.75 Å². The Labute approximate surface area is 237 Å². The van der Waals surface area contributed by atoms with Gasteiger partial charge in [-0.25, -0.2) is 14.7 Å². The van der Waals surface area contributed by atoms with Gasteiger partial charge in [-0.1, -0.05) is 41.6 Å². The SMILES string of the molecule is Cc1ccc(N=C2SCC(=O)N2/N=C2\CCc3cc(-c4ncn(-c5ccc(OC(F)(F)F)cc5)n4)ccc32)c(C)c1. The van der Waals surface area contributed by atoms with E-state index in [1.54, 1.807) is 0 Å². The number of amides is 1. The van der Waals surface area contributed by atoms with Crippen LogP contribution in [0.1, 0.15) is 28.7 Å². The van der Waals surface area contributed by atoms with Gasteiger partial charge in [0, 0.05) is 11.1 Å². The highest BCUT2D eigenvalue weighted by molar-refractivity contribution is 8.15. The fourth-order valence-electron chi connectivity index (χ4n) is 4.72. The van der Waals surface area contributed by atoms with Crippen molar-refractivity contribution < 1.29 is 22.7 Å². The molecule has 4 aromatic rings. The van der Waals surface area contributed by atoms with Crippen molar-refractivity contribution in [2.45, 2.75) is 33.1 Å². The molecule has 1 aromatic heterocycles. The predicted molar refractivity (Wildman–Crippen MR) is 151 cm³/mol. The number of halogens is 3. The lowest BCUT2D eigenvalue weighted by Gasteiger charge is -2.12. The van der Waals surface area contributed by atoms with Crippen molar-refractivity contribution in [3.05, 3.63) is 89.2 Å². The van der Waals surface area contributed by atoms with Gasteiger partial charge in [-0.2, -0.15) is 10.1 Å². The van der Waals surface area contributed by atoms with E-state index in [1.165, 1.54) is 52.0 Å². The van der Waals surface area contributed by atoms with Crippen LogP contribution in [0.3, 0.4) is 0 Å². The number of aromatic nitrogens is 3. The number of nitrogens with zero attached hydrogens (tertiary/aromatic N) is 6. The van der Waals surface area contributed by atoms with E-state index in [-0.39, 0.29) is 11.7 Å². The molecule has 41 heavy (non-hydrogen) atoms. The van der Waals surface area contributed by atoms with Crippen LogP contribution >= 0.6 is 11.8 Å². The van der Waals surface area contributed by atoms with E-state index >= 15 is 0 Å². The second-order valence-corrected chi connectivity index (χ2v) is 10.6. The molecule has 6 rings (SSSR count). The van der Waals surface area contributed by atoms with Crippen molar-refractivity contribution in [2.24, 2.45) is 10.1 Å². The number of amidine groups is 1. The summed E-state index contributed by atoms with van der Waals surface area (Å²) in [7, 11) is 0. The molecule has 2 heterocycles. The van der Waals surface area contributed by atoms with E-state index in [9.17, 15) is 18.0 Å². The number of benzene rings is 3. The summed E-state index contributed by atoms with van der Waals surface area (Å²) in [5.74, 6) is 0.348. The summed E-state index contributed by atoms with van der Waals surface area (Å²) in [6.07, 6.45) is -1.82. The van der Waals surface area contributed by atoms with E-state index in [1.807, 2.05) is 44.2 Å². The molecular weight excluding hydrogens is 553 g/mol. The van der Waals surface area contributed by atoms with Crippen LogP contribution in [0.15, 0.2) is 77.1 Å². The number of rotatable bonds is 5. The van der Waals surface area contributed by atoms with E-state index in [0.29, 0.717) is 28.9 Å². The average molecular weight is 577 g/mol. The van der Waals surface area contributed by atoms with Crippen LogP contribution in [0, 0.1) is 13.8 Å². The molecule has 0 unspecified atom stereocenters. The standard InChI is InChI=1S/C29H23F3N6O2S/c1-17-3-11-24(18(2)13-17)34-28-38(26(39)15-41-28)35-25-12-5-19-14-20(4-10-23(19)25)27-33-16-37(36-27)21-6-8-22(9-7-21)40-29(30,31)32/h3-4,6-11,13-14,16H,5,12,15H2,1-2H3/b34-28?,35-25+. The first-order chi connectivity index (χ1) is 19.6. The molecule has 0 radical (unpaired) electrons. The number of ether oxygens (including phenoxy) is 1. The van der Waals surface area contributed by atoms with Crippen LogP contribution in [0.25, 0.3) is 17.1 Å². The highest BCUT2D eigenvalue weighted by atomic mass is 32.2. The fraction of sp³-hybridized carbons (Fsp3) is 0.207. The van der Waals surface area contributed by atoms with Gasteiger partial charge in [0.1, 0.15) is 12.1 Å². The van der Waals surface area contributed by atoms with Crippen LogP contribution in [-0.2, 0) is 11.2 Å². The van der Waals surface area contributed by atoms with Crippen LogP contribution in [-0.4, -0.2) is 48.7 Å². The van der Waals surface area contributed by atoms with Gasteiger partial charge >= 0.3 is 6.36 Å². The molecule has 0 bridgehead atoms. The lowest BCUT2D eigenvalue weighted by Crippen LogP contribution is -2.25. The molecule has 1 saturated heterocycles. The van der Waals surface area contributed by atoms with Gasteiger partial charge in [0.2, 0.25) is 0 Å². The molecular formula is C29H23F3N6O2S. The summed E-state index contributed by atoms with van der Waals surface area (Å²) in [6, 6.07) is 17.2. The molecule has 208 valence electrons. The Balaban J connectivity index is 1.22. The molecule has 12 heteroatoms. The Kier molecular flexibility index (Phi) is 6.86. The van der Waals surface area contributed by atoms with Crippen molar-refractivity contribution in [1.82, 2.24) is 19.8 Å². The molecule has 1 aliphatic carbocycles. The molecule has 1 amide bonds. The minimum atomic E-state index is -4.75. The minimum Gasteiger partial charge on any atom is -0.406 e. The maximum Gasteiger partial charge on any atom is 0.573 e. The fourth-order valence-corrected chi connectivity index (χ4v) is 5.52. The molecule has 0 saturated carbocycles. The lowest BCUT2D eigenvalue weighted by atomic mass is 10.1. The van der Waals surface area contributed by atoms with Crippen LogP contribution in [0.2, 0.25) is 0 Å². The first-order valence-electron chi connectivity index (χ1n) is 12.7. The number of fused-ring (bicyclic) bond motifs is 1. The zero-order valence-electron chi connectivity index (χ0n) is 22.0. The summed E-state index contributed by atoms with van der Waals surface area (Å²) < 4.78 is 42.7. The first-order valence-corrected chi connectivity index (χ1v) is 13.7. The van der Waals surface area contributed by atoms with Crippen LogP contribution < -0.4 is 4.74 Å². The zero-order valence-corrected chi connectivity index (χ0v) is 22.8. The summed E-state index contributed by atoms with van der Waals surface area (Å²) in [5.41, 5.74) is 7.18. The Morgan fingerprint density at radius 3 is 2.56 bits per heavy atom. The van der Waals surface area contributed by atoms with Gasteiger partial charge in [-0.15, -0.1) is 18.3 Å². The summed E-state index contributed by atoms with van der Waals surface area (Å²) in [6.45, 7) is 4.02. The van der Waals surface area contributed by atoms with Crippen molar-refractivity contribution in [3.63, 3.8) is 0 Å². The van der Waals surface area contributed by atoms with Gasteiger partial charge < -0.3 is 4.74 Å². The van der Waals surface area contributed by atoms with E-state index in [0.717, 1.165) is 45.6 Å². The molecule has 0 atom stereocenters. The lowest BCUT2D eigenvalue weighted by molar-refractivity contribution is -0.274. The van der Waals surface area contributed by atoms with E-state index in [4.69, 9.17) is 10.1 Å². The molecule has 2 aliphatic rings. The van der Waals surface area contributed by atoms with Crippen molar-refractivity contribution in [1.29, 1.82) is 0 Å². The highest BCUT2D eigenvalue weighted by Gasteiger charge is 2.32. The molecule has 3 aromatic carbocycles. The molecule has 0 spiro atoms. The van der Waals surface area contributed by atoms with Gasteiger partial charge in [-0.05, 0) is 74.2 Å². The smallest absolute Gasteiger partial charge is 0.406 e. The zero-order chi connectivity index (χ0) is 28.7. The number of hydrogen-bond acceptors (Lipinski definition) is 7. The first kappa shape index (κ1) is 26.8. The number of carbonyl (C=O) groups excluding carboxylic acids is 1. The van der Waals surface area contributed by atoms with Crippen LogP contribution in [0.4, 0.5) is 18.9 Å². The number of hydrazone groups is 1. The molecule has 0 N–H and O–H groups in total. The van der Waals surface area contributed by atoms with Crippen molar-refractivity contribution in [3.8, 4) is 22.8 Å². The maximum atomic E-state index is 12.7. The Bertz CT molecular complexity index is 1710. The Morgan fingerprint density at radius 2 is 1.80 bits per heavy atom. The monoisotopic (exact) mass is 576 g/mol. The van der Waals surface area contributed by atoms with Gasteiger partial charge in [-0.3, -0.25) is 4.79 Å². The number of aryl methyl sites for hydroxylation is 3. The third-order valence-corrected chi connectivity index (χ3v) is 7.58. The number of hydrogen-bond donors (Lipinski definition) is 0. The Hall–Kier alpha value is -4.45. The van der Waals surface area contributed by atoms with Crippen LogP contribution in [0.5, 0.6) is 5.75 Å². The number of thioether (sulfide) groups is 1. The quantitative estimate of drug-likeness (QED) is 0.276. The maximum absolute atomic E-state index is 12.7. The Morgan fingerprint density at radius 1 is 1.00 bits per heavy atom. The largest absolute Gasteiger partial charge is 0.573 e. The van der Waals surface area contributed by atoms with Gasteiger partial charge in [0.05, 0.1) is 22.8 Å². The van der Waals surface area contributed by atoms with Gasteiger partial charge in [0.25, 0.3) is 5.91 Å². The summed E-state index contributed by atoms with van der Waals surface area (Å²) in [5, 5.41) is 11.2. The summed E-state index contributed by atoms with van der Waals surface area (Å²) >= 11 is 1.38. The normalized spacial score (nSPS) is 17.1. The molecule has 1 fully saturated rings.